The van der Waals surface area contributed by atoms with E-state index in [0.29, 0.717) is 12.5 Å². The number of halogens is 1. The summed E-state index contributed by atoms with van der Waals surface area (Å²) in [4.78, 5) is 4.49. The third-order valence-corrected chi connectivity index (χ3v) is 3.50. The molecule has 1 heterocycles. The molecular formula is C16H19BrN2O. The van der Waals surface area contributed by atoms with Crippen molar-refractivity contribution in [2.75, 3.05) is 6.54 Å². The number of aryl methyl sites for hydroxylation is 1. The van der Waals surface area contributed by atoms with Gasteiger partial charge in [0.05, 0.1) is 0 Å². The minimum Gasteiger partial charge on any atom is -0.473 e. The number of hydrogen-bond acceptors (Lipinski definition) is 3. The molecule has 0 fully saturated rings. The predicted molar refractivity (Wildman–Crippen MR) is 84.8 cm³/mol. The number of aromatic nitrogens is 1. The van der Waals surface area contributed by atoms with Crippen LogP contribution < -0.4 is 10.1 Å². The summed E-state index contributed by atoms with van der Waals surface area (Å²) < 4.78 is 6.79. The van der Waals surface area contributed by atoms with Crippen LogP contribution in [0.3, 0.4) is 0 Å². The van der Waals surface area contributed by atoms with Gasteiger partial charge in [-0.15, -0.1) is 0 Å². The van der Waals surface area contributed by atoms with E-state index < -0.39 is 0 Å². The van der Waals surface area contributed by atoms with Gasteiger partial charge in [-0.2, -0.15) is 0 Å². The van der Waals surface area contributed by atoms with E-state index >= 15 is 0 Å². The van der Waals surface area contributed by atoms with Gasteiger partial charge in [-0.3, -0.25) is 0 Å². The molecule has 0 unspecified atom stereocenters. The Bertz CT molecular complexity index is 572. The lowest BCUT2D eigenvalue weighted by Gasteiger charge is -2.09. The third kappa shape index (κ3) is 4.32. The van der Waals surface area contributed by atoms with E-state index in [1.165, 1.54) is 5.56 Å². The molecule has 0 saturated carbocycles. The Morgan fingerprint density at radius 1 is 1.25 bits per heavy atom. The van der Waals surface area contributed by atoms with E-state index in [1.807, 2.05) is 37.3 Å². The molecule has 0 atom stereocenters. The highest BCUT2D eigenvalue weighted by Gasteiger charge is 2.03. The minimum atomic E-state index is 0.526. The maximum atomic E-state index is 5.73. The van der Waals surface area contributed by atoms with Crippen molar-refractivity contribution in [2.45, 2.75) is 27.0 Å². The molecule has 2 rings (SSSR count). The first kappa shape index (κ1) is 15.0. The minimum absolute atomic E-state index is 0.526. The van der Waals surface area contributed by atoms with Gasteiger partial charge < -0.3 is 10.1 Å². The smallest absolute Gasteiger partial charge is 0.213 e. The summed E-state index contributed by atoms with van der Waals surface area (Å²) in [5.41, 5.74) is 3.34. The average Bonchev–Trinajstić information content (AvgIpc) is 2.44. The second-order valence-corrected chi connectivity index (χ2v) is 5.51. The monoisotopic (exact) mass is 334 g/mol. The number of ether oxygens (including phenoxy) is 1. The van der Waals surface area contributed by atoms with Crippen molar-refractivity contribution in [3.05, 3.63) is 57.7 Å². The summed E-state index contributed by atoms with van der Waals surface area (Å²) in [5, 5.41) is 3.30. The van der Waals surface area contributed by atoms with E-state index in [9.17, 15) is 0 Å². The molecule has 0 aliphatic rings. The molecule has 0 aliphatic heterocycles. The van der Waals surface area contributed by atoms with Crippen molar-refractivity contribution in [1.82, 2.24) is 10.3 Å². The summed E-state index contributed by atoms with van der Waals surface area (Å²) >= 11 is 3.46. The van der Waals surface area contributed by atoms with Crippen molar-refractivity contribution in [3.8, 4) is 5.88 Å². The number of hydrogen-bond donors (Lipinski definition) is 1. The zero-order chi connectivity index (χ0) is 14.4. The molecule has 0 aliphatic carbocycles. The molecule has 20 heavy (non-hydrogen) atoms. The van der Waals surface area contributed by atoms with Gasteiger partial charge in [0.1, 0.15) is 6.61 Å². The zero-order valence-corrected chi connectivity index (χ0v) is 13.4. The summed E-state index contributed by atoms with van der Waals surface area (Å²) in [5.74, 6) is 0.669. The van der Waals surface area contributed by atoms with Crippen LogP contribution in [-0.2, 0) is 13.2 Å². The van der Waals surface area contributed by atoms with Crippen LogP contribution in [0.5, 0.6) is 5.88 Å². The average molecular weight is 335 g/mol. The predicted octanol–water partition coefficient (Wildman–Crippen LogP) is 3.84. The summed E-state index contributed by atoms with van der Waals surface area (Å²) in [6.45, 7) is 6.44. The van der Waals surface area contributed by atoms with Gasteiger partial charge in [-0.25, -0.2) is 4.98 Å². The number of nitrogens with zero attached hydrogens (tertiary/aromatic N) is 1. The zero-order valence-electron chi connectivity index (χ0n) is 11.8. The van der Waals surface area contributed by atoms with E-state index in [0.717, 1.165) is 28.8 Å². The quantitative estimate of drug-likeness (QED) is 0.871. The molecule has 1 N–H and O–H groups in total. The van der Waals surface area contributed by atoms with Crippen molar-refractivity contribution >= 4 is 15.9 Å². The second-order valence-electron chi connectivity index (χ2n) is 4.59. The summed E-state index contributed by atoms with van der Waals surface area (Å²) in [6.07, 6.45) is 0. The molecule has 0 amide bonds. The first-order valence-electron chi connectivity index (χ1n) is 6.73. The molecule has 0 saturated heterocycles. The van der Waals surface area contributed by atoms with E-state index in [4.69, 9.17) is 4.74 Å². The van der Waals surface area contributed by atoms with Gasteiger partial charge in [0.25, 0.3) is 0 Å². The van der Waals surface area contributed by atoms with Gasteiger partial charge >= 0.3 is 0 Å². The van der Waals surface area contributed by atoms with E-state index in [-0.39, 0.29) is 0 Å². The van der Waals surface area contributed by atoms with Crippen LogP contribution in [0.4, 0.5) is 0 Å². The Morgan fingerprint density at radius 3 is 2.80 bits per heavy atom. The third-order valence-electron chi connectivity index (χ3n) is 3.01. The fraction of sp³-hybridized carbons (Fsp3) is 0.312. The van der Waals surface area contributed by atoms with Gasteiger partial charge in [0, 0.05) is 22.8 Å². The number of nitrogens with one attached hydrogen (secondary N) is 1. The van der Waals surface area contributed by atoms with E-state index in [1.54, 1.807) is 0 Å². The lowest BCUT2D eigenvalue weighted by atomic mass is 10.2. The fourth-order valence-electron chi connectivity index (χ4n) is 1.88. The Hall–Kier alpha value is -1.39. The summed E-state index contributed by atoms with van der Waals surface area (Å²) in [6, 6.07) is 12.1. The molecule has 0 spiro atoms. The SMILES string of the molecule is CCNCc1ccc(OCc2cccc(Br)c2)nc1C. The maximum absolute atomic E-state index is 5.73. The Kier molecular flexibility index (Phi) is 5.56. The Morgan fingerprint density at radius 2 is 2.10 bits per heavy atom. The second kappa shape index (κ2) is 7.41. The molecule has 3 nitrogen and oxygen atoms in total. The number of pyridine rings is 1. The van der Waals surface area contributed by atoms with Crippen molar-refractivity contribution in [1.29, 1.82) is 0 Å². The van der Waals surface area contributed by atoms with Crippen LogP contribution >= 0.6 is 15.9 Å². The highest BCUT2D eigenvalue weighted by atomic mass is 79.9. The van der Waals surface area contributed by atoms with Gasteiger partial charge in [-0.1, -0.05) is 41.1 Å². The highest BCUT2D eigenvalue weighted by Crippen LogP contribution is 2.16. The Balaban J connectivity index is 1.98. The van der Waals surface area contributed by atoms with Crippen LogP contribution in [0.15, 0.2) is 40.9 Å². The number of benzene rings is 1. The van der Waals surface area contributed by atoms with Gasteiger partial charge in [0.2, 0.25) is 5.88 Å². The normalized spacial score (nSPS) is 10.6. The van der Waals surface area contributed by atoms with Crippen LogP contribution in [0.2, 0.25) is 0 Å². The molecule has 1 aromatic heterocycles. The van der Waals surface area contributed by atoms with Crippen LogP contribution in [-0.4, -0.2) is 11.5 Å². The van der Waals surface area contributed by atoms with Crippen molar-refractivity contribution < 1.29 is 4.74 Å². The first-order valence-corrected chi connectivity index (χ1v) is 7.53. The standard InChI is InChI=1S/C16H19BrN2O/c1-3-18-10-14-7-8-16(19-12(14)2)20-11-13-5-4-6-15(17)9-13/h4-9,18H,3,10-11H2,1-2H3. The van der Waals surface area contributed by atoms with Crippen LogP contribution in [0.25, 0.3) is 0 Å². The molecule has 4 heteroatoms. The van der Waals surface area contributed by atoms with Crippen molar-refractivity contribution in [3.63, 3.8) is 0 Å². The topological polar surface area (TPSA) is 34.1 Å². The molecular weight excluding hydrogens is 316 g/mol. The number of rotatable bonds is 6. The molecule has 2 aromatic rings. The molecule has 1 aromatic carbocycles. The Labute approximate surface area is 128 Å². The molecule has 106 valence electrons. The fourth-order valence-corrected chi connectivity index (χ4v) is 2.32. The van der Waals surface area contributed by atoms with Crippen LogP contribution in [0.1, 0.15) is 23.7 Å². The molecule has 0 bridgehead atoms. The van der Waals surface area contributed by atoms with E-state index in [2.05, 4.69) is 39.2 Å². The van der Waals surface area contributed by atoms with Gasteiger partial charge in [-0.05, 0) is 36.7 Å². The molecule has 0 radical (unpaired) electrons. The lowest BCUT2D eigenvalue weighted by molar-refractivity contribution is 0.293. The van der Waals surface area contributed by atoms with Crippen LogP contribution in [0, 0.1) is 6.92 Å². The highest BCUT2D eigenvalue weighted by molar-refractivity contribution is 9.10. The summed E-state index contributed by atoms with van der Waals surface area (Å²) in [7, 11) is 0. The van der Waals surface area contributed by atoms with Gasteiger partial charge in [0.15, 0.2) is 0 Å². The first-order chi connectivity index (χ1) is 9.69. The largest absolute Gasteiger partial charge is 0.473 e. The maximum Gasteiger partial charge on any atom is 0.213 e. The lowest BCUT2D eigenvalue weighted by Crippen LogP contribution is -2.13. The van der Waals surface area contributed by atoms with Crippen molar-refractivity contribution in [2.24, 2.45) is 0 Å².